The average Bonchev–Trinajstić information content (AvgIpc) is 2.62. The van der Waals surface area contributed by atoms with E-state index in [1.54, 1.807) is 0 Å². The number of imidazole rings is 1. The van der Waals surface area contributed by atoms with E-state index in [2.05, 4.69) is 17.2 Å². The van der Waals surface area contributed by atoms with Crippen LogP contribution in [-0.4, -0.2) is 28.3 Å². The Bertz CT molecular complexity index is 315. The molecule has 1 aliphatic rings. The van der Waals surface area contributed by atoms with Gasteiger partial charge in [-0.05, 0) is 19.8 Å². The van der Waals surface area contributed by atoms with Crippen LogP contribution in [0.5, 0.6) is 0 Å². The van der Waals surface area contributed by atoms with Crippen LogP contribution >= 0.6 is 0 Å². The number of nitrogens with one attached hydrogen (secondary N) is 1. The van der Waals surface area contributed by atoms with Gasteiger partial charge in [0.15, 0.2) is 0 Å². The number of hydrogen-bond donors (Lipinski definition) is 1. The molecule has 0 aromatic carbocycles. The van der Waals surface area contributed by atoms with E-state index in [-0.39, 0.29) is 5.54 Å². The van der Waals surface area contributed by atoms with Gasteiger partial charge < -0.3 is 14.6 Å². The first kappa shape index (κ1) is 10.6. The maximum Gasteiger partial charge on any atom is 0.0945 e. The molecule has 1 atom stereocenters. The van der Waals surface area contributed by atoms with E-state index in [4.69, 9.17) is 4.74 Å². The van der Waals surface area contributed by atoms with Crippen molar-refractivity contribution in [3.05, 3.63) is 18.2 Å². The summed E-state index contributed by atoms with van der Waals surface area (Å²) in [7, 11) is 2.02. The molecule has 0 bridgehead atoms. The summed E-state index contributed by atoms with van der Waals surface area (Å²) in [5, 5.41) is 3.56. The second-order valence-electron chi connectivity index (χ2n) is 4.57. The van der Waals surface area contributed by atoms with Crippen molar-refractivity contribution in [1.82, 2.24) is 14.9 Å². The first-order chi connectivity index (χ1) is 7.20. The zero-order chi connectivity index (χ0) is 10.7. The highest BCUT2D eigenvalue weighted by molar-refractivity contribution is 4.99. The molecule has 2 rings (SSSR count). The van der Waals surface area contributed by atoms with E-state index in [1.807, 2.05) is 24.1 Å². The van der Waals surface area contributed by atoms with Crippen LogP contribution in [-0.2, 0) is 18.3 Å². The number of rotatable bonds is 3. The minimum absolute atomic E-state index is 0.127. The number of aryl methyl sites for hydroxylation is 1. The van der Waals surface area contributed by atoms with E-state index in [0.717, 1.165) is 26.2 Å². The van der Waals surface area contributed by atoms with Gasteiger partial charge >= 0.3 is 0 Å². The van der Waals surface area contributed by atoms with E-state index in [9.17, 15) is 0 Å². The van der Waals surface area contributed by atoms with E-state index in [1.165, 1.54) is 12.1 Å². The highest BCUT2D eigenvalue weighted by Crippen LogP contribution is 2.18. The standard InChI is InChI=1S/C11H19N3O/c1-11(4-3-5-15-8-11)13-7-10-6-12-9-14(10)2/h6,9,13H,3-5,7-8H2,1-2H3. The van der Waals surface area contributed by atoms with Crippen molar-refractivity contribution in [2.24, 2.45) is 7.05 Å². The molecule has 1 aromatic heterocycles. The van der Waals surface area contributed by atoms with Crippen molar-refractivity contribution in [2.75, 3.05) is 13.2 Å². The predicted octanol–water partition coefficient (Wildman–Crippen LogP) is 1.08. The minimum Gasteiger partial charge on any atom is -0.380 e. The smallest absolute Gasteiger partial charge is 0.0945 e. The van der Waals surface area contributed by atoms with Gasteiger partial charge in [0.2, 0.25) is 0 Å². The molecule has 1 aromatic rings. The van der Waals surface area contributed by atoms with Gasteiger partial charge in [-0.3, -0.25) is 0 Å². The highest BCUT2D eigenvalue weighted by Gasteiger charge is 2.26. The van der Waals surface area contributed by atoms with Crippen LogP contribution < -0.4 is 5.32 Å². The third-order valence-electron chi connectivity index (χ3n) is 3.05. The highest BCUT2D eigenvalue weighted by atomic mass is 16.5. The molecule has 1 N–H and O–H groups in total. The van der Waals surface area contributed by atoms with Crippen molar-refractivity contribution in [1.29, 1.82) is 0 Å². The number of nitrogens with zero attached hydrogens (tertiary/aromatic N) is 2. The summed E-state index contributed by atoms with van der Waals surface area (Å²) in [5.74, 6) is 0. The Morgan fingerprint density at radius 1 is 1.67 bits per heavy atom. The van der Waals surface area contributed by atoms with Crippen molar-refractivity contribution in [3.8, 4) is 0 Å². The third-order valence-corrected chi connectivity index (χ3v) is 3.05. The summed E-state index contributed by atoms with van der Waals surface area (Å²) in [6.45, 7) is 4.80. The summed E-state index contributed by atoms with van der Waals surface area (Å²) in [6.07, 6.45) is 6.07. The second-order valence-corrected chi connectivity index (χ2v) is 4.57. The molecule has 15 heavy (non-hydrogen) atoms. The van der Waals surface area contributed by atoms with E-state index < -0.39 is 0 Å². The SMILES string of the molecule is Cn1cncc1CNC1(C)CCCOC1. The Balaban J connectivity index is 1.89. The predicted molar refractivity (Wildman–Crippen MR) is 58.5 cm³/mol. The summed E-state index contributed by atoms with van der Waals surface area (Å²) in [4.78, 5) is 4.10. The van der Waals surface area contributed by atoms with Gasteiger partial charge in [0.1, 0.15) is 0 Å². The molecule has 0 spiro atoms. The summed E-state index contributed by atoms with van der Waals surface area (Å²) in [6, 6.07) is 0. The molecule has 1 saturated heterocycles. The molecular formula is C11H19N3O. The van der Waals surface area contributed by atoms with Crippen LogP contribution in [0.25, 0.3) is 0 Å². The fourth-order valence-corrected chi connectivity index (χ4v) is 1.93. The van der Waals surface area contributed by atoms with Crippen LogP contribution in [0.2, 0.25) is 0 Å². The van der Waals surface area contributed by atoms with Crippen molar-refractivity contribution in [2.45, 2.75) is 31.8 Å². The molecule has 0 aliphatic carbocycles. The number of aromatic nitrogens is 2. The Kier molecular flexibility index (Phi) is 3.07. The fourth-order valence-electron chi connectivity index (χ4n) is 1.93. The topological polar surface area (TPSA) is 39.1 Å². The van der Waals surface area contributed by atoms with Gasteiger partial charge in [-0.1, -0.05) is 0 Å². The fraction of sp³-hybridized carbons (Fsp3) is 0.727. The Morgan fingerprint density at radius 3 is 3.13 bits per heavy atom. The molecule has 1 unspecified atom stereocenters. The zero-order valence-corrected chi connectivity index (χ0v) is 9.49. The maximum atomic E-state index is 5.50. The lowest BCUT2D eigenvalue weighted by atomic mass is 9.95. The van der Waals surface area contributed by atoms with Crippen molar-refractivity contribution in [3.63, 3.8) is 0 Å². The number of hydrogen-bond acceptors (Lipinski definition) is 3. The molecule has 84 valence electrons. The van der Waals surface area contributed by atoms with Crippen LogP contribution in [0, 0.1) is 0 Å². The first-order valence-electron chi connectivity index (χ1n) is 5.48. The zero-order valence-electron chi connectivity index (χ0n) is 9.49. The van der Waals surface area contributed by atoms with E-state index >= 15 is 0 Å². The van der Waals surface area contributed by atoms with Crippen molar-refractivity contribution < 1.29 is 4.74 Å². The molecule has 0 saturated carbocycles. The van der Waals surface area contributed by atoms with Crippen molar-refractivity contribution >= 4 is 0 Å². The molecule has 1 aliphatic heterocycles. The molecular weight excluding hydrogens is 190 g/mol. The second kappa shape index (κ2) is 4.33. The van der Waals surface area contributed by atoms with Gasteiger partial charge in [-0.25, -0.2) is 4.98 Å². The van der Waals surface area contributed by atoms with Gasteiger partial charge in [0, 0.05) is 31.9 Å². The minimum atomic E-state index is 0.127. The Morgan fingerprint density at radius 2 is 2.53 bits per heavy atom. The molecule has 4 heteroatoms. The lowest BCUT2D eigenvalue weighted by Gasteiger charge is -2.34. The largest absolute Gasteiger partial charge is 0.380 e. The van der Waals surface area contributed by atoms with Crippen LogP contribution in [0.4, 0.5) is 0 Å². The maximum absolute atomic E-state index is 5.50. The van der Waals surface area contributed by atoms with Gasteiger partial charge in [-0.2, -0.15) is 0 Å². The molecule has 0 amide bonds. The van der Waals surface area contributed by atoms with Gasteiger partial charge in [0.25, 0.3) is 0 Å². The lowest BCUT2D eigenvalue weighted by Crippen LogP contribution is -2.48. The summed E-state index contributed by atoms with van der Waals surface area (Å²) < 4.78 is 7.54. The normalized spacial score (nSPS) is 26.8. The van der Waals surface area contributed by atoms with Gasteiger partial charge in [0.05, 0.1) is 18.6 Å². The summed E-state index contributed by atoms with van der Waals surface area (Å²) in [5.41, 5.74) is 1.34. The molecule has 4 nitrogen and oxygen atoms in total. The molecule has 0 radical (unpaired) electrons. The van der Waals surface area contributed by atoms with E-state index in [0.29, 0.717) is 0 Å². The lowest BCUT2D eigenvalue weighted by molar-refractivity contribution is 0.0275. The molecule has 2 heterocycles. The first-order valence-corrected chi connectivity index (χ1v) is 5.48. The van der Waals surface area contributed by atoms with Gasteiger partial charge in [-0.15, -0.1) is 0 Å². The quantitative estimate of drug-likeness (QED) is 0.809. The van der Waals surface area contributed by atoms with Crippen LogP contribution in [0.15, 0.2) is 12.5 Å². The number of ether oxygens (including phenoxy) is 1. The average molecular weight is 209 g/mol. The van der Waals surface area contributed by atoms with Crippen LogP contribution in [0.3, 0.4) is 0 Å². The Labute approximate surface area is 90.6 Å². The van der Waals surface area contributed by atoms with Crippen LogP contribution in [0.1, 0.15) is 25.5 Å². The summed E-state index contributed by atoms with van der Waals surface area (Å²) >= 11 is 0. The monoisotopic (exact) mass is 209 g/mol. The third kappa shape index (κ3) is 2.58. The Hall–Kier alpha value is -0.870. The molecule has 1 fully saturated rings.